The molecule has 17 heavy (non-hydrogen) atoms. The van der Waals surface area contributed by atoms with Gasteiger partial charge in [0.2, 0.25) is 0 Å². The summed E-state index contributed by atoms with van der Waals surface area (Å²) in [5, 5.41) is 3.59. The Morgan fingerprint density at radius 2 is 1.94 bits per heavy atom. The second-order valence-corrected chi connectivity index (χ2v) is 6.20. The van der Waals surface area contributed by atoms with Crippen LogP contribution >= 0.6 is 0 Å². The van der Waals surface area contributed by atoms with Gasteiger partial charge in [-0.25, -0.2) is 0 Å². The van der Waals surface area contributed by atoms with Crippen molar-refractivity contribution in [2.24, 2.45) is 5.92 Å². The molecular formula is C14H29N3. The van der Waals surface area contributed by atoms with Crippen LogP contribution in [0.2, 0.25) is 0 Å². The molecule has 0 aromatic rings. The zero-order valence-electron chi connectivity index (χ0n) is 11.8. The van der Waals surface area contributed by atoms with E-state index in [1.165, 1.54) is 51.9 Å². The van der Waals surface area contributed by atoms with E-state index in [-0.39, 0.29) is 0 Å². The van der Waals surface area contributed by atoms with Gasteiger partial charge in [-0.2, -0.15) is 0 Å². The van der Waals surface area contributed by atoms with Crippen molar-refractivity contribution in [3.63, 3.8) is 0 Å². The second kappa shape index (κ2) is 6.17. The minimum Gasteiger partial charge on any atom is -0.314 e. The van der Waals surface area contributed by atoms with Crippen LogP contribution in [-0.4, -0.2) is 62.2 Å². The van der Waals surface area contributed by atoms with E-state index in [9.17, 15) is 0 Å². The molecule has 2 fully saturated rings. The van der Waals surface area contributed by atoms with Crippen LogP contribution in [0.1, 0.15) is 32.6 Å². The van der Waals surface area contributed by atoms with E-state index in [1.807, 2.05) is 0 Å². The average molecular weight is 239 g/mol. The molecule has 1 saturated carbocycles. The third kappa shape index (κ3) is 4.23. The summed E-state index contributed by atoms with van der Waals surface area (Å²) in [5.74, 6) is 0.828. The van der Waals surface area contributed by atoms with Crippen LogP contribution in [0.25, 0.3) is 0 Å². The van der Waals surface area contributed by atoms with Gasteiger partial charge in [0.25, 0.3) is 0 Å². The van der Waals surface area contributed by atoms with Crippen molar-refractivity contribution in [3.05, 3.63) is 0 Å². The summed E-state index contributed by atoms with van der Waals surface area (Å²) in [7, 11) is 4.43. The third-order valence-corrected chi connectivity index (χ3v) is 4.22. The number of nitrogens with zero attached hydrogens (tertiary/aromatic N) is 2. The number of unbranched alkanes of at least 4 members (excludes halogenated alkanes) is 1. The second-order valence-electron chi connectivity index (χ2n) is 6.20. The van der Waals surface area contributed by atoms with Gasteiger partial charge >= 0.3 is 0 Å². The van der Waals surface area contributed by atoms with Crippen molar-refractivity contribution in [2.75, 3.05) is 40.3 Å². The van der Waals surface area contributed by atoms with Crippen LogP contribution in [0.3, 0.4) is 0 Å². The van der Waals surface area contributed by atoms with Crippen LogP contribution in [-0.2, 0) is 0 Å². The van der Waals surface area contributed by atoms with Gasteiger partial charge < -0.3 is 15.1 Å². The fraction of sp³-hybridized carbons (Fsp3) is 1.00. The summed E-state index contributed by atoms with van der Waals surface area (Å²) < 4.78 is 0. The molecule has 0 aromatic heterocycles. The van der Waals surface area contributed by atoms with E-state index in [1.54, 1.807) is 0 Å². The van der Waals surface area contributed by atoms with Crippen molar-refractivity contribution < 1.29 is 0 Å². The minimum absolute atomic E-state index is 0.764. The van der Waals surface area contributed by atoms with Crippen molar-refractivity contribution in [1.82, 2.24) is 15.1 Å². The largest absolute Gasteiger partial charge is 0.314 e. The number of likely N-dealkylation sites (N-methyl/N-ethyl adjacent to an activating group) is 1. The highest BCUT2D eigenvalue weighted by Gasteiger charge is 2.30. The van der Waals surface area contributed by atoms with Crippen LogP contribution in [0.4, 0.5) is 0 Å². The quantitative estimate of drug-likeness (QED) is 0.678. The standard InChI is InChI=1S/C14H29N3/c1-12-10-17(11-14(12)16(2)3)9-5-4-8-15-13-6-7-13/h12-15H,4-11H2,1-3H3. The van der Waals surface area contributed by atoms with Gasteiger partial charge in [0, 0.05) is 25.2 Å². The Morgan fingerprint density at radius 1 is 1.18 bits per heavy atom. The van der Waals surface area contributed by atoms with Gasteiger partial charge in [-0.05, 0) is 58.8 Å². The Bertz CT molecular complexity index is 226. The fourth-order valence-corrected chi connectivity index (χ4v) is 2.96. The van der Waals surface area contributed by atoms with Gasteiger partial charge in [0.15, 0.2) is 0 Å². The smallest absolute Gasteiger partial charge is 0.0254 e. The minimum atomic E-state index is 0.764. The van der Waals surface area contributed by atoms with E-state index in [0.29, 0.717) is 0 Å². The maximum atomic E-state index is 3.59. The monoisotopic (exact) mass is 239 g/mol. The van der Waals surface area contributed by atoms with Crippen LogP contribution < -0.4 is 5.32 Å². The summed E-state index contributed by atoms with van der Waals surface area (Å²) in [6, 6.07) is 1.64. The zero-order chi connectivity index (χ0) is 12.3. The van der Waals surface area contributed by atoms with Crippen molar-refractivity contribution in [1.29, 1.82) is 0 Å². The van der Waals surface area contributed by atoms with Crippen molar-refractivity contribution >= 4 is 0 Å². The van der Waals surface area contributed by atoms with E-state index < -0.39 is 0 Å². The highest BCUT2D eigenvalue weighted by molar-refractivity contribution is 4.86. The highest BCUT2D eigenvalue weighted by Crippen LogP contribution is 2.20. The molecule has 1 aliphatic carbocycles. The molecule has 0 spiro atoms. The molecule has 0 amide bonds. The van der Waals surface area contributed by atoms with E-state index >= 15 is 0 Å². The highest BCUT2D eigenvalue weighted by atomic mass is 15.2. The number of likely N-dealkylation sites (tertiary alicyclic amines) is 1. The van der Waals surface area contributed by atoms with Crippen molar-refractivity contribution in [2.45, 2.75) is 44.7 Å². The predicted octanol–water partition coefficient (Wildman–Crippen LogP) is 1.40. The number of hydrogen-bond acceptors (Lipinski definition) is 3. The molecule has 2 aliphatic rings. The predicted molar refractivity (Wildman–Crippen MR) is 73.3 cm³/mol. The summed E-state index contributed by atoms with van der Waals surface area (Å²) in [5.41, 5.74) is 0. The Hall–Kier alpha value is -0.120. The molecule has 1 aliphatic heterocycles. The Morgan fingerprint density at radius 3 is 2.53 bits per heavy atom. The normalized spacial score (nSPS) is 30.4. The molecular weight excluding hydrogens is 210 g/mol. The maximum Gasteiger partial charge on any atom is 0.0254 e. The zero-order valence-corrected chi connectivity index (χ0v) is 11.8. The van der Waals surface area contributed by atoms with E-state index in [0.717, 1.165) is 18.0 Å². The average Bonchev–Trinajstić information content (AvgIpc) is 3.01. The van der Waals surface area contributed by atoms with Crippen LogP contribution in [0.5, 0.6) is 0 Å². The summed E-state index contributed by atoms with van der Waals surface area (Å²) in [4.78, 5) is 5.03. The maximum absolute atomic E-state index is 3.59. The van der Waals surface area contributed by atoms with Crippen molar-refractivity contribution in [3.8, 4) is 0 Å². The molecule has 3 nitrogen and oxygen atoms in total. The summed E-state index contributed by atoms with van der Waals surface area (Å²) >= 11 is 0. The molecule has 1 heterocycles. The Kier molecular flexibility index (Phi) is 4.83. The molecule has 0 bridgehead atoms. The van der Waals surface area contributed by atoms with Gasteiger partial charge in [-0.3, -0.25) is 0 Å². The van der Waals surface area contributed by atoms with Crippen LogP contribution in [0, 0.1) is 5.92 Å². The molecule has 1 N–H and O–H groups in total. The molecule has 2 atom stereocenters. The van der Waals surface area contributed by atoms with E-state index in [4.69, 9.17) is 0 Å². The number of hydrogen-bond donors (Lipinski definition) is 1. The SMILES string of the molecule is CC1CN(CCCCNC2CC2)CC1N(C)C. The summed E-state index contributed by atoms with van der Waals surface area (Å²) in [6.45, 7) is 7.47. The lowest BCUT2D eigenvalue weighted by Crippen LogP contribution is -2.34. The molecule has 100 valence electrons. The summed E-state index contributed by atoms with van der Waals surface area (Å²) in [6.07, 6.45) is 5.52. The molecule has 3 heteroatoms. The molecule has 2 unspecified atom stereocenters. The lowest BCUT2D eigenvalue weighted by molar-refractivity contribution is 0.251. The lowest BCUT2D eigenvalue weighted by Gasteiger charge is -2.22. The molecule has 1 saturated heterocycles. The molecule has 0 radical (unpaired) electrons. The fourth-order valence-electron chi connectivity index (χ4n) is 2.96. The van der Waals surface area contributed by atoms with Gasteiger partial charge in [0.1, 0.15) is 0 Å². The topological polar surface area (TPSA) is 18.5 Å². The molecule has 0 aromatic carbocycles. The van der Waals surface area contributed by atoms with Gasteiger partial charge in [-0.15, -0.1) is 0 Å². The van der Waals surface area contributed by atoms with E-state index in [2.05, 4.69) is 36.1 Å². The molecule has 2 rings (SSSR count). The number of nitrogens with one attached hydrogen (secondary N) is 1. The Balaban J connectivity index is 1.53. The van der Waals surface area contributed by atoms with Gasteiger partial charge in [0.05, 0.1) is 0 Å². The van der Waals surface area contributed by atoms with Crippen LogP contribution in [0.15, 0.2) is 0 Å². The first kappa shape index (κ1) is 13.3. The number of rotatable bonds is 7. The van der Waals surface area contributed by atoms with Gasteiger partial charge in [-0.1, -0.05) is 6.92 Å². The third-order valence-electron chi connectivity index (χ3n) is 4.22. The first-order valence-corrected chi connectivity index (χ1v) is 7.29. The lowest BCUT2D eigenvalue weighted by atomic mass is 10.1. The Labute approximate surface area is 107 Å². The first-order valence-electron chi connectivity index (χ1n) is 7.29. The first-order chi connectivity index (χ1) is 8.16.